The van der Waals surface area contributed by atoms with Crippen LogP contribution in [0.25, 0.3) is 0 Å². The number of hydrogen-bond acceptors (Lipinski definition) is 4. The van der Waals surface area contributed by atoms with E-state index in [1.54, 1.807) is 0 Å². The Morgan fingerprint density at radius 3 is 2.77 bits per heavy atom. The molecule has 0 amide bonds. The summed E-state index contributed by atoms with van der Waals surface area (Å²) in [6.07, 6.45) is 0. The van der Waals surface area contributed by atoms with E-state index < -0.39 is 17.3 Å². The molecule has 1 N–H and O–H groups in total. The van der Waals surface area contributed by atoms with Crippen molar-refractivity contribution in [3.8, 4) is 0 Å². The number of hydrogen-bond donors (Lipinski definition) is 1. The van der Waals surface area contributed by atoms with Gasteiger partial charge in [0.2, 0.25) is 0 Å². The summed E-state index contributed by atoms with van der Waals surface area (Å²) in [5, 5.41) is 18.8. The number of rotatable bonds is 3. The second-order valence-electron chi connectivity index (χ2n) is 2.39. The van der Waals surface area contributed by atoms with Crippen LogP contribution in [0.1, 0.15) is 10.4 Å². The van der Waals surface area contributed by atoms with Gasteiger partial charge < -0.3 is 5.11 Å². The molecule has 0 radical (unpaired) electrons. The Hall–Kier alpha value is -1.75. The van der Waals surface area contributed by atoms with E-state index in [-0.39, 0.29) is 11.3 Å². The van der Waals surface area contributed by atoms with E-state index >= 15 is 0 Å². The molecule has 0 unspecified atom stereocenters. The third kappa shape index (κ3) is 2.09. The van der Waals surface area contributed by atoms with Crippen molar-refractivity contribution < 1.29 is 14.8 Å². The maximum atomic E-state index is 10.9. The van der Waals surface area contributed by atoms with Gasteiger partial charge in [-0.05, 0) is 0 Å². The quantitative estimate of drug-likeness (QED) is 0.424. The number of carbonyl (C=O) groups excluding carboxylic acids is 1. The molecule has 1 rings (SSSR count). The fourth-order valence-corrected chi connectivity index (χ4v) is 0.884. The number of nitro groups is 1. The van der Waals surface area contributed by atoms with Crippen LogP contribution in [0.3, 0.4) is 0 Å². The topological polar surface area (TPSA) is 80.4 Å². The molecule has 5 heteroatoms. The molecule has 0 saturated heterocycles. The van der Waals surface area contributed by atoms with Crippen LogP contribution in [-0.2, 0) is 0 Å². The van der Waals surface area contributed by atoms with Crippen molar-refractivity contribution in [2.75, 3.05) is 6.61 Å². The fourth-order valence-electron chi connectivity index (χ4n) is 0.884. The second-order valence-corrected chi connectivity index (χ2v) is 2.39. The zero-order valence-electron chi connectivity index (χ0n) is 6.64. The summed E-state index contributed by atoms with van der Waals surface area (Å²) in [5.41, 5.74) is -0.00370. The first-order valence-electron chi connectivity index (χ1n) is 3.53. The Balaban J connectivity index is 3.05. The van der Waals surface area contributed by atoms with Crippen molar-refractivity contribution in [1.82, 2.24) is 0 Å². The standard InChI is InChI=1S/C8H7NO4/c10-5-8(11)6-2-1-3-7(4-6)9(12)13/h1-4,10H,5H2. The van der Waals surface area contributed by atoms with Crippen LogP contribution in [0.15, 0.2) is 24.3 Å². The van der Waals surface area contributed by atoms with Crippen molar-refractivity contribution in [1.29, 1.82) is 0 Å². The van der Waals surface area contributed by atoms with E-state index in [4.69, 9.17) is 5.11 Å². The first kappa shape index (κ1) is 9.34. The van der Waals surface area contributed by atoms with Gasteiger partial charge in [0.15, 0.2) is 5.78 Å². The van der Waals surface area contributed by atoms with E-state index in [1.807, 2.05) is 0 Å². The zero-order valence-corrected chi connectivity index (χ0v) is 6.64. The minimum absolute atomic E-state index is 0.150. The Morgan fingerprint density at radius 1 is 1.54 bits per heavy atom. The first-order valence-corrected chi connectivity index (χ1v) is 3.53. The minimum atomic E-state index is -0.638. The van der Waals surface area contributed by atoms with Crippen LogP contribution < -0.4 is 0 Å². The average Bonchev–Trinajstić information content (AvgIpc) is 2.17. The molecule has 0 aromatic heterocycles. The van der Waals surface area contributed by atoms with Crippen LogP contribution in [0, 0.1) is 10.1 Å². The predicted molar refractivity (Wildman–Crippen MR) is 44.5 cm³/mol. The molecular formula is C8H7NO4. The Labute approximate surface area is 73.8 Å². The van der Waals surface area contributed by atoms with Crippen molar-refractivity contribution in [3.05, 3.63) is 39.9 Å². The Morgan fingerprint density at radius 2 is 2.23 bits per heavy atom. The molecule has 5 nitrogen and oxygen atoms in total. The summed E-state index contributed by atoms with van der Waals surface area (Å²) in [6.45, 7) is -0.638. The zero-order chi connectivity index (χ0) is 9.84. The molecular weight excluding hydrogens is 174 g/mol. The molecule has 0 bridgehead atoms. The normalized spacial score (nSPS) is 9.62. The van der Waals surface area contributed by atoms with Crippen LogP contribution in [-0.4, -0.2) is 22.4 Å². The molecule has 1 aromatic rings. The summed E-state index contributed by atoms with van der Waals surface area (Å²) < 4.78 is 0. The number of nitro benzene ring substituents is 1. The number of aliphatic hydroxyl groups is 1. The Kier molecular flexibility index (Phi) is 2.71. The van der Waals surface area contributed by atoms with Gasteiger partial charge in [-0.2, -0.15) is 0 Å². The summed E-state index contributed by atoms with van der Waals surface area (Å²) in [7, 11) is 0. The highest BCUT2D eigenvalue weighted by atomic mass is 16.6. The lowest BCUT2D eigenvalue weighted by Gasteiger charge is -1.96. The number of aliphatic hydroxyl groups excluding tert-OH is 1. The Bertz CT molecular complexity index is 348. The third-order valence-corrected chi connectivity index (χ3v) is 1.52. The lowest BCUT2D eigenvalue weighted by molar-refractivity contribution is -0.384. The van der Waals surface area contributed by atoms with Crippen molar-refractivity contribution in [2.45, 2.75) is 0 Å². The molecule has 0 spiro atoms. The van der Waals surface area contributed by atoms with Crippen molar-refractivity contribution in [3.63, 3.8) is 0 Å². The second kappa shape index (κ2) is 3.77. The van der Waals surface area contributed by atoms with E-state index in [2.05, 4.69) is 0 Å². The highest BCUT2D eigenvalue weighted by molar-refractivity contribution is 5.97. The molecule has 13 heavy (non-hydrogen) atoms. The molecule has 1 aromatic carbocycles. The van der Waals surface area contributed by atoms with Gasteiger partial charge in [-0.25, -0.2) is 0 Å². The fraction of sp³-hybridized carbons (Fsp3) is 0.125. The lowest BCUT2D eigenvalue weighted by Crippen LogP contribution is -2.04. The van der Waals surface area contributed by atoms with Gasteiger partial charge in [0, 0.05) is 17.7 Å². The largest absolute Gasteiger partial charge is 0.388 e. The predicted octanol–water partition coefficient (Wildman–Crippen LogP) is 0.770. The molecule has 0 aliphatic rings. The first-order chi connectivity index (χ1) is 6.15. The maximum absolute atomic E-state index is 10.9. The van der Waals surface area contributed by atoms with Gasteiger partial charge in [-0.15, -0.1) is 0 Å². The van der Waals surface area contributed by atoms with Gasteiger partial charge in [-0.1, -0.05) is 12.1 Å². The molecule has 0 saturated carbocycles. The van der Waals surface area contributed by atoms with Crippen LogP contribution in [0.5, 0.6) is 0 Å². The molecule has 0 heterocycles. The lowest BCUT2D eigenvalue weighted by atomic mass is 10.1. The monoisotopic (exact) mass is 181 g/mol. The summed E-state index contributed by atoms with van der Waals surface area (Å²) in [5.74, 6) is -0.524. The van der Waals surface area contributed by atoms with Gasteiger partial charge in [0.1, 0.15) is 6.61 Å². The summed E-state index contributed by atoms with van der Waals surface area (Å²) in [6, 6.07) is 5.25. The highest BCUT2D eigenvalue weighted by Crippen LogP contribution is 2.13. The molecule has 0 aliphatic heterocycles. The SMILES string of the molecule is O=C(CO)c1cccc([N+](=O)[O-])c1. The van der Waals surface area contributed by atoms with E-state index in [9.17, 15) is 14.9 Å². The average molecular weight is 181 g/mol. The van der Waals surface area contributed by atoms with Gasteiger partial charge >= 0.3 is 0 Å². The molecule has 68 valence electrons. The molecule has 0 fully saturated rings. The van der Waals surface area contributed by atoms with E-state index in [1.165, 1.54) is 18.2 Å². The molecule has 0 atom stereocenters. The number of benzene rings is 1. The molecule has 0 aliphatic carbocycles. The number of nitrogens with zero attached hydrogens (tertiary/aromatic N) is 1. The van der Waals surface area contributed by atoms with Crippen molar-refractivity contribution >= 4 is 11.5 Å². The van der Waals surface area contributed by atoms with Crippen LogP contribution in [0.2, 0.25) is 0 Å². The number of non-ortho nitro benzene ring substituents is 1. The van der Waals surface area contributed by atoms with Crippen LogP contribution in [0.4, 0.5) is 5.69 Å². The van der Waals surface area contributed by atoms with E-state index in [0.29, 0.717) is 0 Å². The van der Waals surface area contributed by atoms with Crippen LogP contribution >= 0.6 is 0 Å². The number of carbonyl (C=O) groups is 1. The summed E-state index contributed by atoms with van der Waals surface area (Å²) in [4.78, 5) is 20.6. The van der Waals surface area contributed by atoms with Gasteiger partial charge in [-0.3, -0.25) is 14.9 Å². The smallest absolute Gasteiger partial charge is 0.270 e. The highest BCUT2D eigenvalue weighted by Gasteiger charge is 2.09. The minimum Gasteiger partial charge on any atom is -0.388 e. The van der Waals surface area contributed by atoms with Gasteiger partial charge in [0.05, 0.1) is 4.92 Å². The third-order valence-electron chi connectivity index (χ3n) is 1.52. The van der Waals surface area contributed by atoms with E-state index in [0.717, 1.165) is 6.07 Å². The summed E-state index contributed by atoms with van der Waals surface area (Å²) >= 11 is 0. The maximum Gasteiger partial charge on any atom is 0.270 e. The van der Waals surface area contributed by atoms with Crippen molar-refractivity contribution in [2.24, 2.45) is 0 Å². The number of Topliss-reactive ketones (excluding diaryl/α,β-unsaturated/α-hetero) is 1. The van der Waals surface area contributed by atoms with Gasteiger partial charge in [0.25, 0.3) is 5.69 Å². The number of ketones is 1.